The Bertz CT molecular complexity index is 352. The quantitative estimate of drug-likeness (QED) is 0.347. The first-order chi connectivity index (χ1) is 6.06. The molecule has 3 nitrogen and oxygen atoms in total. The minimum absolute atomic E-state index is 0.0495. The number of hydrogen-bond acceptors (Lipinski definition) is 3. The van der Waals surface area contributed by atoms with Crippen LogP contribution in [-0.2, 0) is 0 Å². The van der Waals surface area contributed by atoms with Gasteiger partial charge in [-0.25, -0.2) is 0 Å². The van der Waals surface area contributed by atoms with Gasteiger partial charge >= 0.3 is 0 Å². The average molecular weight is 220 g/mol. The van der Waals surface area contributed by atoms with Crippen molar-refractivity contribution in [1.29, 1.82) is 0 Å². The third-order valence-electron chi connectivity index (χ3n) is 1.51. The van der Waals surface area contributed by atoms with Gasteiger partial charge in [-0.05, 0) is 12.1 Å². The molecule has 13 heavy (non-hydrogen) atoms. The standard InChI is InChI=1S/C8H7Cl2NO2/c9-3-7(12)5-1-4(11)2-6(10)8(5)13/h1-2,13H,3,11H2. The van der Waals surface area contributed by atoms with Crippen molar-refractivity contribution in [2.24, 2.45) is 0 Å². The highest BCUT2D eigenvalue weighted by molar-refractivity contribution is 6.34. The van der Waals surface area contributed by atoms with Crippen LogP contribution in [0.3, 0.4) is 0 Å². The maximum absolute atomic E-state index is 11.1. The van der Waals surface area contributed by atoms with Crippen molar-refractivity contribution in [2.45, 2.75) is 0 Å². The van der Waals surface area contributed by atoms with E-state index >= 15 is 0 Å². The van der Waals surface area contributed by atoms with Crippen molar-refractivity contribution in [1.82, 2.24) is 0 Å². The molecule has 0 aliphatic carbocycles. The van der Waals surface area contributed by atoms with Gasteiger partial charge in [0.25, 0.3) is 0 Å². The number of carbonyl (C=O) groups is 1. The molecule has 1 aromatic carbocycles. The second kappa shape index (κ2) is 3.85. The largest absolute Gasteiger partial charge is 0.506 e. The highest BCUT2D eigenvalue weighted by atomic mass is 35.5. The van der Waals surface area contributed by atoms with E-state index in [1.807, 2.05) is 0 Å². The fourth-order valence-electron chi connectivity index (χ4n) is 0.905. The fraction of sp³-hybridized carbons (Fsp3) is 0.125. The summed E-state index contributed by atoms with van der Waals surface area (Å²) in [6.45, 7) is 0. The van der Waals surface area contributed by atoms with Crippen molar-refractivity contribution in [3.8, 4) is 5.75 Å². The van der Waals surface area contributed by atoms with Crippen LogP contribution in [0.15, 0.2) is 12.1 Å². The van der Waals surface area contributed by atoms with E-state index in [0.717, 1.165) is 0 Å². The number of rotatable bonds is 2. The number of phenolic OH excluding ortho intramolecular Hbond substituents is 1. The van der Waals surface area contributed by atoms with Gasteiger partial charge in [-0.3, -0.25) is 4.79 Å². The van der Waals surface area contributed by atoms with E-state index in [1.165, 1.54) is 12.1 Å². The molecule has 0 unspecified atom stereocenters. The zero-order valence-corrected chi connectivity index (χ0v) is 8.06. The predicted octanol–water partition coefficient (Wildman–Crippen LogP) is 2.05. The first-order valence-electron chi connectivity index (χ1n) is 3.43. The highest BCUT2D eigenvalue weighted by Crippen LogP contribution is 2.30. The number of phenols is 1. The number of hydrogen-bond donors (Lipinski definition) is 2. The first kappa shape index (κ1) is 10.2. The number of aromatic hydroxyl groups is 1. The summed E-state index contributed by atoms with van der Waals surface area (Å²) >= 11 is 10.9. The van der Waals surface area contributed by atoms with Crippen LogP contribution in [-0.4, -0.2) is 16.8 Å². The van der Waals surface area contributed by atoms with Crippen LogP contribution in [0.25, 0.3) is 0 Å². The van der Waals surface area contributed by atoms with Crippen molar-refractivity contribution in [3.05, 3.63) is 22.7 Å². The predicted molar refractivity (Wildman–Crippen MR) is 52.6 cm³/mol. The van der Waals surface area contributed by atoms with E-state index < -0.39 is 5.78 Å². The second-order valence-electron chi connectivity index (χ2n) is 2.46. The molecule has 0 heterocycles. The van der Waals surface area contributed by atoms with Gasteiger partial charge in [0.2, 0.25) is 0 Å². The lowest BCUT2D eigenvalue weighted by molar-refractivity contribution is 0.101. The molecule has 70 valence electrons. The van der Waals surface area contributed by atoms with Crippen LogP contribution in [0.2, 0.25) is 5.02 Å². The Morgan fingerprint density at radius 2 is 2.15 bits per heavy atom. The fourth-order valence-corrected chi connectivity index (χ4v) is 1.28. The van der Waals surface area contributed by atoms with Crippen molar-refractivity contribution >= 4 is 34.7 Å². The number of nitrogen functional groups attached to an aromatic ring is 1. The molecule has 0 amide bonds. The number of ketones is 1. The monoisotopic (exact) mass is 219 g/mol. The summed E-state index contributed by atoms with van der Waals surface area (Å²) < 4.78 is 0. The number of alkyl halides is 1. The van der Waals surface area contributed by atoms with Crippen molar-refractivity contribution in [2.75, 3.05) is 11.6 Å². The van der Waals surface area contributed by atoms with Crippen LogP contribution in [0.4, 0.5) is 5.69 Å². The molecular formula is C8H7Cl2NO2. The van der Waals surface area contributed by atoms with Crippen molar-refractivity contribution < 1.29 is 9.90 Å². The average Bonchev–Trinajstić information content (AvgIpc) is 2.10. The molecule has 0 spiro atoms. The molecule has 0 saturated carbocycles. The van der Waals surface area contributed by atoms with E-state index in [1.54, 1.807) is 0 Å². The molecule has 0 atom stereocenters. The van der Waals surface area contributed by atoms with E-state index in [9.17, 15) is 9.90 Å². The maximum Gasteiger partial charge on any atom is 0.181 e. The number of nitrogens with two attached hydrogens (primary N) is 1. The summed E-state index contributed by atoms with van der Waals surface area (Å²) in [6.07, 6.45) is 0. The summed E-state index contributed by atoms with van der Waals surface area (Å²) in [6, 6.07) is 2.70. The molecule has 0 aromatic heterocycles. The number of benzene rings is 1. The van der Waals surface area contributed by atoms with Crippen molar-refractivity contribution in [3.63, 3.8) is 0 Å². The lowest BCUT2D eigenvalue weighted by atomic mass is 10.1. The van der Waals surface area contributed by atoms with Crippen LogP contribution >= 0.6 is 23.2 Å². The van der Waals surface area contributed by atoms with E-state index in [4.69, 9.17) is 28.9 Å². The molecule has 3 N–H and O–H groups in total. The van der Waals surface area contributed by atoms with E-state index in [-0.39, 0.29) is 22.2 Å². The van der Waals surface area contributed by atoms with Gasteiger partial charge in [-0.1, -0.05) is 11.6 Å². The Labute approximate surface area is 85.1 Å². The zero-order chi connectivity index (χ0) is 10.0. The number of carbonyl (C=O) groups excluding carboxylic acids is 1. The topological polar surface area (TPSA) is 63.3 Å². The molecule has 0 radical (unpaired) electrons. The SMILES string of the molecule is Nc1cc(Cl)c(O)c(C(=O)CCl)c1. The summed E-state index contributed by atoms with van der Waals surface area (Å²) in [5.41, 5.74) is 5.80. The van der Waals surface area contributed by atoms with Crippen LogP contribution in [0.5, 0.6) is 5.75 Å². The summed E-state index contributed by atoms with van der Waals surface area (Å²) in [5, 5.41) is 9.41. The molecule has 5 heteroatoms. The Morgan fingerprint density at radius 3 is 2.69 bits per heavy atom. The molecular weight excluding hydrogens is 213 g/mol. The minimum Gasteiger partial charge on any atom is -0.506 e. The number of anilines is 1. The molecule has 0 bridgehead atoms. The van der Waals surface area contributed by atoms with Crippen LogP contribution in [0.1, 0.15) is 10.4 Å². The van der Waals surface area contributed by atoms with Gasteiger partial charge in [-0.2, -0.15) is 0 Å². The smallest absolute Gasteiger partial charge is 0.181 e. The molecule has 1 rings (SSSR count). The summed E-state index contributed by atoms with van der Waals surface area (Å²) in [4.78, 5) is 11.1. The van der Waals surface area contributed by atoms with Crippen LogP contribution < -0.4 is 5.73 Å². The van der Waals surface area contributed by atoms with Gasteiger partial charge < -0.3 is 10.8 Å². The summed E-state index contributed by atoms with van der Waals surface area (Å²) in [5.74, 6) is -0.900. The zero-order valence-electron chi connectivity index (χ0n) is 6.55. The normalized spacial score (nSPS) is 10.0. The minimum atomic E-state index is -0.409. The van der Waals surface area contributed by atoms with E-state index in [0.29, 0.717) is 5.69 Å². The molecule has 0 saturated heterocycles. The van der Waals surface area contributed by atoms with Gasteiger partial charge in [0.1, 0.15) is 5.75 Å². The van der Waals surface area contributed by atoms with Gasteiger partial charge in [0, 0.05) is 5.69 Å². The van der Waals surface area contributed by atoms with E-state index in [2.05, 4.69) is 0 Å². The Morgan fingerprint density at radius 1 is 1.54 bits per heavy atom. The molecule has 0 fully saturated rings. The van der Waals surface area contributed by atoms with Gasteiger partial charge in [-0.15, -0.1) is 11.6 Å². The molecule has 1 aromatic rings. The molecule has 0 aliphatic rings. The number of Topliss-reactive ketones (excluding diaryl/α,β-unsaturated/α-hetero) is 1. The Balaban J connectivity index is 3.28. The first-order valence-corrected chi connectivity index (χ1v) is 4.34. The lowest BCUT2D eigenvalue weighted by Crippen LogP contribution is -2.02. The highest BCUT2D eigenvalue weighted by Gasteiger charge is 2.13. The second-order valence-corrected chi connectivity index (χ2v) is 3.13. The molecule has 0 aliphatic heterocycles. The Kier molecular flexibility index (Phi) is 3.01. The Hall–Kier alpha value is -0.930. The third-order valence-corrected chi connectivity index (χ3v) is 2.04. The number of halogens is 2. The third kappa shape index (κ3) is 2.05. The van der Waals surface area contributed by atoms with Gasteiger partial charge in [0.05, 0.1) is 16.5 Å². The lowest BCUT2D eigenvalue weighted by Gasteiger charge is -2.04. The maximum atomic E-state index is 11.1. The van der Waals surface area contributed by atoms with Gasteiger partial charge in [0.15, 0.2) is 5.78 Å². The summed E-state index contributed by atoms with van der Waals surface area (Å²) in [7, 11) is 0. The van der Waals surface area contributed by atoms with Crippen LogP contribution in [0, 0.1) is 0 Å².